The van der Waals surface area contributed by atoms with Crippen LogP contribution >= 0.6 is 0 Å². The quantitative estimate of drug-likeness (QED) is 0.464. The number of nitrogens with zero attached hydrogens (tertiary/aromatic N) is 1. The van der Waals surface area contributed by atoms with Crippen LogP contribution in [0, 0.1) is 0 Å². The Bertz CT molecular complexity index is 1150. The summed E-state index contributed by atoms with van der Waals surface area (Å²) < 4.78 is 11.2. The first kappa shape index (κ1) is 18.6. The first-order valence-electron chi connectivity index (χ1n) is 9.35. The maximum Gasteiger partial charge on any atom is 0.165 e. The molecule has 0 radical (unpaired) electrons. The smallest absolute Gasteiger partial charge is 0.165 e. The molecule has 1 N–H and O–H groups in total. The zero-order valence-corrected chi connectivity index (χ0v) is 16.1. The van der Waals surface area contributed by atoms with Crippen LogP contribution in [0.25, 0.3) is 23.1 Å². The van der Waals surface area contributed by atoms with Gasteiger partial charge in [-0.2, -0.15) is 0 Å². The zero-order chi connectivity index (χ0) is 20.1. The number of aromatic nitrogens is 1. The second-order valence-corrected chi connectivity index (χ2v) is 6.57. The molecule has 1 aromatic heterocycles. The Morgan fingerprint density at radius 1 is 0.828 bits per heavy atom. The lowest BCUT2D eigenvalue weighted by atomic mass is 10.1. The summed E-state index contributed by atoms with van der Waals surface area (Å²) in [5.41, 5.74) is 3.35. The minimum absolute atomic E-state index is 0.110. The molecule has 0 bridgehead atoms. The molecule has 3 aromatic carbocycles. The third-order valence-corrected chi connectivity index (χ3v) is 4.63. The molecule has 0 amide bonds. The molecule has 0 aliphatic rings. The number of benzene rings is 3. The molecule has 0 unspecified atom stereocenters. The second-order valence-electron chi connectivity index (χ2n) is 6.57. The lowest BCUT2D eigenvalue weighted by molar-refractivity contribution is 0.309. The van der Waals surface area contributed by atoms with E-state index in [1.165, 1.54) is 7.11 Å². The van der Waals surface area contributed by atoms with Gasteiger partial charge in [-0.25, -0.2) is 4.98 Å². The maximum absolute atomic E-state index is 10.2. The van der Waals surface area contributed by atoms with Crippen LogP contribution in [0.3, 0.4) is 0 Å². The van der Waals surface area contributed by atoms with E-state index < -0.39 is 0 Å². The summed E-state index contributed by atoms with van der Waals surface area (Å²) in [7, 11) is 1.53. The van der Waals surface area contributed by atoms with E-state index in [0.29, 0.717) is 17.9 Å². The van der Waals surface area contributed by atoms with Gasteiger partial charge in [0, 0.05) is 10.9 Å². The van der Waals surface area contributed by atoms with Crippen molar-refractivity contribution in [1.29, 1.82) is 0 Å². The Hall–Kier alpha value is -3.79. The number of pyridine rings is 1. The fourth-order valence-electron chi connectivity index (χ4n) is 3.09. The third kappa shape index (κ3) is 4.22. The van der Waals surface area contributed by atoms with Gasteiger partial charge in [0.15, 0.2) is 11.5 Å². The SMILES string of the molecule is COc1cccc(/C=C/c2ccc3cccc(OCc4ccccc4)c3n2)c1O. The molecule has 4 aromatic rings. The molecule has 29 heavy (non-hydrogen) atoms. The molecule has 4 nitrogen and oxygen atoms in total. The summed E-state index contributed by atoms with van der Waals surface area (Å²) in [5, 5.41) is 11.3. The molecule has 0 aliphatic heterocycles. The van der Waals surface area contributed by atoms with Crippen molar-refractivity contribution < 1.29 is 14.6 Å². The van der Waals surface area contributed by atoms with Gasteiger partial charge in [-0.15, -0.1) is 0 Å². The molecule has 0 aliphatic carbocycles. The molecular formula is C25H21NO3. The predicted molar refractivity (Wildman–Crippen MR) is 116 cm³/mol. The number of methoxy groups -OCH3 is 1. The van der Waals surface area contributed by atoms with Crippen molar-refractivity contribution in [3.8, 4) is 17.2 Å². The monoisotopic (exact) mass is 383 g/mol. The number of hydrogen-bond donors (Lipinski definition) is 1. The van der Waals surface area contributed by atoms with Gasteiger partial charge in [0.2, 0.25) is 0 Å². The number of rotatable bonds is 6. The highest BCUT2D eigenvalue weighted by Gasteiger charge is 2.06. The van der Waals surface area contributed by atoms with E-state index in [-0.39, 0.29) is 5.75 Å². The summed E-state index contributed by atoms with van der Waals surface area (Å²) in [4.78, 5) is 4.75. The molecule has 0 fully saturated rings. The largest absolute Gasteiger partial charge is 0.504 e. The standard InChI is InChI=1S/C25H21NO3/c1-28-23-12-6-10-20(25(23)27)14-16-21-15-13-19-9-5-11-22(24(19)26-21)29-17-18-7-3-2-4-8-18/h2-16,27H,17H2,1H3/b16-14+. The van der Waals surface area contributed by atoms with E-state index in [2.05, 4.69) is 0 Å². The van der Waals surface area contributed by atoms with Gasteiger partial charge in [-0.1, -0.05) is 60.7 Å². The number of phenolic OH excluding ortho intramolecular Hbond substituents is 1. The number of aromatic hydroxyl groups is 1. The Kier molecular flexibility index (Phi) is 5.43. The molecular weight excluding hydrogens is 362 g/mol. The topological polar surface area (TPSA) is 51.6 Å². The van der Waals surface area contributed by atoms with E-state index >= 15 is 0 Å². The Labute approximate surface area is 169 Å². The van der Waals surface area contributed by atoms with Gasteiger partial charge < -0.3 is 14.6 Å². The van der Waals surface area contributed by atoms with Crippen LogP contribution in [0.2, 0.25) is 0 Å². The molecule has 0 spiro atoms. The van der Waals surface area contributed by atoms with E-state index in [1.807, 2.05) is 84.9 Å². The lowest BCUT2D eigenvalue weighted by Gasteiger charge is -2.09. The maximum atomic E-state index is 10.2. The predicted octanol–water partition coefficient (Wildman–Crippen LogP) is 5.70. The molecule has 4 heteroatoms. The Morgan fingerprint density at radius 3 is 2.45 bits per heavy atom. The summed E-state index contributed by atoms with van der Waals surface area (Å²) in [6.45, 7) is 0.485. The van der Waals surface area contributed by atoms with E-state index in [4.69, 9.17) is 14.5 Å². The van der Waals surface area contributed by atoms with Crippen LogP contribution in [0.4, 0.5) is 0 Å². The summed E-state index contributed by atoms with van der Waals surface area (Å²) in [6, 6.07) is 25.3. The minimum atomic E-state index is 0.110. The molecule has 4 rings (SSSR count). The molecule has 0 saturated heterocycles. The van der Waals surface area contributed by atoms with Crippen LogP contribution < -0.4 is 9.47 Å². The fraction of sp³-hybridized carbons (Fsp3) is 0.0800. The van der Waals surface area contributed by atoms with Crippen LogP contribution in [0.5, 0.6) is 17.2 Å². The second kappa shape index (κ2) is 8.48. The van der Waals surface area contributed by atoms with Gasteiger partial charge >= 0.3 is 0 Å². The van der Waals surface area contributed by atoms with Gasteiger partial charge in [-0.3, -0.25) is 0 Å². The van der Waals surface area contributed by atoms with E-state index in [0.717, 1.165) is 27.9 Å². The third-order valence-electron chi connectivity index (χ3n) is 4.63. The van der Waals surface area contributed by atoms with Gasteiger partial charge in [0.05, 0.1) is 12.8 Å². The average molecular weight is 383 g/mol. The van der Waals surface area contributed by atoms with Crippen molar-refractivity contribution in [2.75, 3.05) is 7.11 Å². The Balaban J connectivity index is 1.61. The van der Waals surface area contributed by atoms with Gasteiger partial charge in [0.25, 0.3) is 0 Å². The van der Waals surface area contributed by atoms with E-state index in [9.17, 15) is 5.11 Å². The summed E-state index contributed by atoms with van der Waals surface area (Å²) in [5.74, 6) is 1.29. The zero-order valence-electron chi connectivity index (χ0n) is 16.1. The fourth-order valence-corrected chi connectivity index (χ4v) is 3.09. The molecule has 0 saturated carbocycles. The van der Waals surface area contributed by atoms with Gasteiger partial charge in [0.1, 0.15) is 17.9 Å². The highest BCUT2D eigenvalue weighted by Crippen LogP contribution is 2.31. The van der Waals surface area contributed by atoms with Crippen LogP contribution in [0.15, 0.2) is 78.9 Å². The lowest BCUT2D eigenvalue weighted by Crippen LogP contribution is -1.97. The average Bonchev–Trinajstić information content (AvgIpc) is 2.77. The van der Waals surface area contributed by atoms with Crippen molar-refractivity contribution in [1.82, 2.24) is 4.98 Å². The number of para-hydroxylation sites is 2. The number of fused-ring (bicyclic) bond motifs is 1. The molecule has 0 atom stereocenters. The first-order chi connectivity index (χ1) is 14.2. The first-order valence-corrected chi connectivity index (χ1v) is 9.35. The summed E-state index contributed by atoms with van der Waals surface area (Å²) in [6.07, 6.45) is 3.68. The highest BCUT2D eigenvalue weighted by molar-refractivity contribution is 5.86. The van der Waals surface area contributed by atoms with Gasteiger partial charge in [-0.05, 0) is 35.9 Å². The normalized spacial score (nSPS) is 11.1. The highest BCUT2D eigenvalue weighted by atomic mass is 16.5. The van der Waals surface area contributed by atoms with Crippen LogP contribution in [-0.4, -0.2) is 17.2 Å². The van der Waals surface area contributed by atoms with E-state index in [1.54, 1.807) is 6.07 Å². The number of ether oxygens (including phenoxy) is 2. The van der Waals surface area contributed by atoms with Crippen molar-refractivity contribution in [2.45, 2.75) is 6.61 Å². The van der Waals surface area contributed by atoms with Crippen molar-refractivity contribution in [3.63, 3.8) is 0 Å². The van der Waals surface area contributed by atoms with Crippen LogP contribution in [0.1, 0.15) is 16.8 Å². The minimum Gasteiger partial charge on any atom is -0.504 e. The van der Waals surface area contributed by atoms with Crippen molar-refractivity contribution in [3.05, 3.63) is 95.7 Å². The molecule has 144 valence electrons. The number of phenols is 1. The summed E-state index contributed by atoms with van der Waals surface area (Å²) >= 11 is 0. The number of hydrogen-bond acceptors (Lipinski definition) is 4. The van der Waals surface area contributed by atoms with Crippen LogP contribution in [-0.2, 0) is 6.61 Å². The van der Waals surface area contributed by atoms with Crippen molar-refractivity contribution in [2.24, 2.45) is 0 Å². The van der Waals surface area contributed by atoms with Crippen molar-refractivity contribution >= 4 is 23.1 Å². The Morgan fingerprint density at radius 2 is 1.62 bits per heavy atom. The molecule has 1 heterocycles.